The summed E-state index contributed by atoms with van der Waals surface area (Å²) in [7, 11) is 0. The second-order valence-electron chi connectivity index (χ2n) is 6.74. The molecule has 2 heteroatoms. The van der Waals surface area contributed by atoms with Crippen LogP contribution in [0.3, 0.4) is 0 Å². The molecule has 0 spiro atoms. The molecule has 2 fully saturated rings. The fourth-order valence-electron chi connectivity index (χ4n) is 4.40. The molecule has 1 aliphatic heterocycles. The number of piperidine rings is 1. The third-order valence-electron chi connectivity index (χ3n) is 5.43. The van der Waals surface area contributed by atoms with E-state index in [2.05, 4.69) is 36.3 Å². The summed E-state index contributed by atoms with van der Waals surface area (Å²) in [5, 5.41) is 2.27. The number of nitrogens with zero attached hydrogens (tertiary/aromatic N) is 1. The predicted octanol–water partition coefficient (Wildman–Crippen LogP) is 4.89. The highest BCUT2D eigenvalue weighted by atomic mass is 32.1. The zero-order valence-corrected chi connectivity index (χ0v) is 13.2. The minimum absolute atomic E-state index is 0.362. The molecule has 106 valence electrons. The molecule has 3 rings (SSSR count). The van der Waals surface area contributed by atoms with E-state index in [4.69, 9.17) is 0 Å². The Morgan fingerprint density at radius 2 is 2.11 bits per heavy atom. The van der Waals surface area contributed by atoms with E-state index in [9.17, 15) is 0 Å². The van der Waals surface area contributed by atoms with E-state index in [-0.39, 0.29) is 0 Å². The van der Waals surface area contributed by atoms with Gasteiger partial charge in [-0.05, 0) is 55.5 Å². The first-order valence-electron chi connectivity index (χ1n) is 8.02. The van der Waals surface area contributed by atoms with Gasteiger partial charge in [-0.1, -0.05) is 32.8 Å². The van der Waals surface area contributed by atoms with Gasteiger partial charge in [0.15, 0.2) is 0 Å². The molecule has 0 bridgehead atoms. The average molecular weight is 277 g/mol. The lowest BCUT2D eigenvalue weighted by Crippen LogP contribution is -2.54. The van der Waals surface area contributed by atoms with Crippen LogP contribution in [0.1, 0.15) is 57.2 Å². The van der Waals surface area contributed by atoms with Gasteiger partial charge in [0.2, 0.25) is 0 Å². The summed E-state index contributed by atoms with van der Waals surface area (Å²) in [5.41, 5.74) is 0.362. The zero-order chi connectivity index (χ0) is 13.3. The van der Waals surface area contributed by atoms with Crippen molar-refractivity contribution in [3.05, 3.63) is 22.4 Å². The molecule has 1 aromatic rings. The molecule has 0 amide bonds. The Hall–Kier alpha value is -0.340. The first kappa shape index (κ1) is 13.6. The van der Waals surface area contributed by atoms with Crippen LogP contribution in [0.15, 0.2) is 17.5 Å². The molecule has 3 atom stereocenters. The van der Waals surface area contributed by atoms with E-state index in [0.717, 1.165) is 11.8 Å². The summed E-state index contributed by atoms with van der Waals surface area (Å²) in [4.78, 5) is 4.49. The minimum Gasteiger partial charge on any atom is -0.292 e. The van der Waals surface area contributed by atoms with Crippen molar-refractivity contribution in [3.8, 4) is 0 Å². The summed E-state index contributed by atoms with van der Waals surface area (Å²) in [5.74, 6) is 1.69. The Balaban J connectivity index is 1.96. The highest BCUT2D eigenvalue weighted by Gasteiger charge is 2.46. The lowest BCUT2D eigenvalue weighted by atomic mass is 9.70. The van der Waals surface area contributed by atoms with Crippen molar-refractivity contribution in [2.24, 2.45) is 11.8 Å². The first-order valence-corrected chi connectivity index (χ1v) is 8.90. The highest BCUT2D eigenvalue weighted by Crippen LogP contribution is 2.48. The molecule has 1 nitrogen and oxygen atoms in total. The van der Waals surface area contributed by atoms with Crippen LogP contribution < -0.4 is 0 Å². The number of hydrogen-bond acceptors (Lipinski definition) is 2. The molecule has 0 unspecified atom stereocenters. The van der Waals surface area contributed by atoms with Gasteiger partial charge in [-0.15, -0.1) is 11.3 Å². The minimum atomic E-state index is 0.362. The maximum Gasteiger partial charge on any atom is 0.0579 e. The smallest absolute Gasteiger partial charge is 0.0579 e. The molecule has 0 radical (unpaired) electrons. The summed E-state index contributed by atoms with van der Waals surface area (Å²) in [6.45, 7) is 7.55. The quantitative estimate of drug-likeness (QED) is 0.744. The lowest BCUT2D eigenvalue weighted by Gasteiger charge is -2.52. The molecule has 0 aromatic carbocycles. The number of likely N-dealkylation sites (tertiary alicyclic amines) is 1. The lowest BCUT2D eigenvalue weighted by molar-refractivity contribution is -0.0209. The van der Waals surface area contributed by atoms with Gasteiger partial charge in [0.05, 0.1) is 5.54 Å². The second kappa shape index (κ2) is 5.57. The third-order valence-corrected chi connectivity index (χ3v) is 6.47. The van der Waals surface area contributed by atoms with Crippen LogP contribution in [-0.4, -0.2) is 18.0 Å². The van der Waals surface area contributed by atoms with Gasteiger partial charge in [0.1, 0.15) is 0 Å². The van der Waals surface area contributed by atoms with Crippen LogP contribution in [0.25, 0.3) is 0 Å². The summed E-state index contributed by atoms with van der Waals surface area (Å²) in [6, 6.07) is 4.64. The Morgan fingerprint density at radius 3 is 2.79 bits per heavy atom. The molecule has 1 saturated carbocycles. The molecule has 2 aliphatic rings. The molecule has 1 aromatic heterocycles. The topological polar surface area (TPSA) is 3.24 Å². The summed E-state index contributed by atoms with van der Waals surface area (Å²) in [6.07, 6.45) is 8.43. The Labute approximate surface area is 122 Å². The van der Waals surface area contributed by atoms with E-state index in [1.165, 1.54) is 51.6 Å². The van der Waals surface area contributed by atoms with E-state index in [1.54, 1.807) is 4.88 Å². The van der Waals surface area contributed by atoms with Gasteiger partial charge in [-0.3, -0.25) is 4.90 Å². The van der Waals surface area contributed by atoms with Gasteiger partial charge in [0.25, 0.3) is 0 Å². The maximum absolute atomic E-state index is 2.86. The maximum atomic E-state index is 2.86. The fraction of sp³-hybridized carbons (Fsp3) is 0.765. The largest absolute Gasteiger partial charge is 0.292 e. The van der Waals surface area contributed by atoms with Crippen molar-refractivity contribution in [2.45, 2.75) is 57.9 Å². The van der Waals surface area contributed by atoms with Crippen LogP contribution in [0.4, 0.5) is 0 Å². The van der Waals surface area contributed by atoms with E-state index in [0.29, 0.717) is 5.54 Å². The third kappa shape index (κ3) is 2.38. The second-order valence-corrected chi connectivity index (χ2v) is 7.69. The predicted molar refractivity (Wildman–Crippen MR) is 83.6 cm³/mol. The van der Waals surface area contributed by atoms with Crippen molar-refractivity contribution in [1.29, 1.82) is 0 Å². The highest BCUT2D eigenvalue weighted by molar-refractivity contribution is 7.10. The molecule has 1 aliphatic carbocycles. The normalized spacial score (nSPS) is 37.4. The van der Waals surface area contributed by atoms with E-state index >= 15 is 0 Å². The van der Waals surface area contributed by atoms with Gasteiger partial charge >= 0.3 is 0 Å². The molecule has 2 heterocycles. The number of hydrogen-bond donors (Lipinski definition) is 0. The fourth-order valence-corrected chi connectivity index (χ4v) is 5.50. The first-order chi connectivity index (χ1) is 9.23. The standard InChI is InChI=1S/C17H27NS/c1-14-7-5-11-18(13-14)17(16-9-6-12-19-16)10-4-3-8-15(17)2/h6,9,12,14-15H,3-5,7-8,10-11,13H2,1-2H3/t14-,15-,17+/m0/s1. The SMILES string of the molecule is C[C@H]1CCCN([C@]2(c3cccs3)CCCC[C@@H]2C)C1. The molecule has 19 heavy (non-hydrogen) atoms. The molecular formula is C17H27NS. The van der Waals surface area contributed by atoms with Crippen LogP contribution in [0.2, 0.25) is 0 Å². The summed E-state index contributed by atoms with van der Waals surface area (Å²) < 4.78 is 0. The van der Waals surface area contributed by atoms with E-state index in [1.807, 2.05) is 11.3 Å². The van der Waals surface area contributed by atoms with Crippen molar-refractivity contribution in [2.75, 3.05) is 13.1 Å². The van der Waals surface area contributed by atoms with Gasteiger partial charge in [0, 0.05) is 11.4 Å². The zero-order valence-electron chi connectivity index (χ0n) is 12.4. The number of rotatable bonds is 2. The molecule has 0 N–H and O–H groups in total. The van der Waals surface area contributed by atoms with Gasteiger partial charge in [-0.25, -0.2) is 0 Å². The van der Waals surface area contributed by atoms with Gasteiger partial charge in [-0.2, -0.15) is 0 Å². The van der Waals surface area contributed by atoms with Crippen molar-refractivity contribution >= 4 is 11.3 Å². The van der Waals surface area contributed by atoms with E-state index < -0.39 is 0 Å². The Kier molecular flexibility index (Phi) is 4.00. The average Bonchev–Trinajstić information content (AvgIpc) is 2.94. The molecule has 1 saturated heterocycles. The van der Waals surface area contributed by atoms with Crippen LogP contribution >= 0.6 is 11.3 Å². The van der Waals surface area contributed by atoms with Crippen LogP contribution in [0, 0.1) is 11.8 Å². The van der Waals surface area contributed by atoms with Gasteiger partial charge < -0.3 is 0 Å². The Morgan fingerprint density at radius 1 is 1.21 bits per heavy atom. The molecular weight excluding hydrogens is 250 g/mol. The van der Waals surface area contributed by atoms with Crippen molar-refractivity contribution in [3.63, 3.8) is 0 Å². The van der Waals surface area contributed by atoms with Crippen LogP contribution in [0.5, 0.6) is 0 Å². The van der Waals surface area contributed by atoms with Crippen molar-refractivity contribution < 1.29 is 0 Å². The monoisotopic (exact) mass is 277 g/mol. The number of thiophene rings is 1. The van der Waals surface area contributed by atoms with Crippen molar-refractivity contribution in [1.82, 2.24) is 4.90 Å². The van der Waals surface area contributed by atoms with Crippen LogP contribution in [-0.2, 0) is 5.54 Å². The summed E-state index contributed by atoms with van der Waals surface area (Å²) >= 11 is 1.99. The Bertz CT molecular complexity index is 399.